The predicted molar refractivity (Wildman–Crippen MR) is 89.6 cm³/mol. The van der Waals surface area contributed by atoms with Gasteiger partial charge in [-0.15, -0.1) is 0 Å². The van der Waals surface area contributed by atoms with Crippen LogP contribution < -0.4 is 0 Å². The van der Waals surface area contributed by atoms with E-state index >= 15 is 0 Å². The molecule has 1 aliphatic carbocycles. The molecule has 116 valence electrons. The van der Waals surface area contributed by atoms with E-state index in [9.17, 15) is 0 Å². The van der Waals surface area contributed by atoms with Gasteiger partial charge in [0, 0.05) is 0 Å². The van der Waals surface area contributed by atoms with Gasteiger partial charge in [0.25, 0.3) is 0 Å². The van der Waals surface area contributed by atoms with Crippen molar-refractivity contribution in [1.29, 1.82) is 0 Å². The molecule has 0 radical (unpaired) electrons. The summed E-state index contributed by atoms with van der Waals surface area (Å²) in [4.78, 5) is 0. The molecule has 0 saturated heterocycles. The van der Waals surface area contributed by atoms with E-state index in [2.05, 4.69) is 48.5 Å². The third-order valence-corrected chi connectivity index (χ3v) is 4.84. The number of hydrogen-bond donors (Lipinski definition) is 0. The fourth-order valence-electron chi connectivity index (χ4n) is 3.25. The molecule has 0 heterocycles. The van der Waals surface area contributed by atoms with Crippen molar-refractivity contribution in [3.05, 3.63) is 0 Å². The minimum Gasteiger partial charge on any atom is -0.0654 e. The van der Waals surface area contributed by atoms with Crippen molar-refractivity contribution in [3.63, 3.8) is 0 Å². The van der Waals surface area contributed by atoms with Crippen LogP contribution in [0, 0.1) is 23.2 Å². The summed E-state index contributed by atoms with van der Waals surface area (Å²) in [5, 5.41) is 0. The molecule has 0 unspecified atom stereocenters. The summed E-state index contributed by atoms with van der Waals surface area (Å²) in [5.74, 6) is 2.76. The third kappa shape index (κ3) is 8.00. The fourth-order valence-corrected chi connectivity index (χ4v) is 3.25. The highest BCUT2D eigenvalue weighted by Crippen LogP contribution is 2.46. The summed E-state index contributed by atoms with van der Waals surface area (Å²) in [7, 11) is 0. The molecule has 1 rings (SSSR count). The molecule has 0 amide bonds. The number of hydrogen-bond acceptors (Lipinski definition) is 0. The van der Waals surface area contributed by atoms with Crippen LogP contribution in [0.25, 0.3) is 0 Å². The van der Waals surface area contributed by atoms with E-state index in [0.717, 1.165) is 23.2 Å². The second-order valence-corrected chi connectivity index (χ2v) is 7.77. The van der Waals surface area contributed by atoms with Crippen LogP contribution >= 0.6 is 0 Å². The highest BCUT2D eigenvalue weighted by atomic mass is 14.4. The molecule has 1 saturated carbocycles. The van der Waals surface area contributed by atoms with Gasteiger partial charge in [0.2, 0.25) is 0 Å². The Morgan fingerprint density at radius 2 is 1.42 bits per heavy atom. The standard InChI is InChI=1S/C15H30.C4H10/c1-5-7-10-15(6-2)11-8-14(9-12-15)13(3)4;1-4(2)3/h13-14H,5-12H2,1-4H3;4H,1-3H3. The topological polar surface area (TPSA) is 0 Å². The number of unbranched alkanes of at least 4 members (excludes halogenated alkanes) is 1. The van der Waals surface area contributed by atoms with Gasteiger partial charge in [-0.05, 0) is 55.3 Å². The Bertz CT molecular complexity index is 191. The molecule has 0 heteroatoms. The van der Waals surface area contributed by atoms with E-state index in [1.54, 1.807) is 0 Å². The molecule has 0 nitrogen and oxygen atoms in total. The molecule has 0 aromatic carbocycles. The first-order chi connectivity index (χ1) is 8.87. The molecule has 0 bridgehead atoms. The molecule has 1 aliphatic rings. The molecule has 0 aliphatic heterocycles. The van der Waals surface area contributed by atoms with E-state index < -0.39 is 0 Å². The van der Waals surface area contributed by atoms with Crippen LogP contribution in [0.4, 0.5) is 0 Å². The number of rotatable bonds is 5. The van der Waals surface area contributed by atoms with Gasteiger partial charge >= 0.3 is 0 Å². The molecular formula is C19H40. The Kier molecular flexibility index (Phi) is 9.83. The SMILES string of the molecule is CC(C)C.CCCCC1(CC)CCC(C(C)C)CC1. The second-order valence-electron chi connectivity index (χ2n) is 7.77. The van der Waals surface area contributed by atoms with Crippen LogP contribution in [-0.2, 0) is 0 Å². The quantitative estimate of drug-likeness (QED) is 0.499. The Labute approximate surface area is 123 Å². The average molecular weight is 269 g/mol. The van der Waals surface area contributed by atoms with Crippen molar-refractivity contribution in [1.82, 2.24) is 0 Å². The van der Waals surface area contributed by atoms with Crippen molar-refractivity contribution in [3.8, 4) is 0 Å². The van der Waals surface area contributed by atoms with Gasteiger partial charge in [-0.3, -0.25) is 0 Å². The zero-order chi connectivity index (χ0) is 14.9. The first-order valence-electron chi connectivity index (χ1n) is 8.87. The Balaban J connectivity index is 0.000000711. The van der Waals surface area contributed by atoms with Crippen LogP contribution in [0.2, 0.25) is 0 Å². The minimum absolute atomic E-state index is 0.738. The van der Waals surface area contributed by atoms with Crippen molar-refractivity contribution in [2.45, 2.75) is 99.8 Å². The lowest BCUT2D eigenvalue weighted by molar-refractivity contribution is 0.108. The van der Waals surface area contributed by atoms with Crippen LogP contribution in [0.1, 0.15) is 99.8 Å². The summed E-state index contributed by atoms with van der Waals surface area (Å²) < 4.78 is 0. The Morgan fingerprint density at radius 3 is 1.74 bits per heavy atom. The predicted octanol–water partition coefficient (Wildman–Crippen LogP) is 7.08. The van der Waals surface area contributed by atoms with E-state index in [4.69, 9.17) is 0 Å². The lowest BCUT2D eigenvalue weighted by atomic mass is 9.65. The van der Waals surface area contributed by atoms with E-state index in [1.165, 1.54) is 51.4 Å². The van der Waals surface area contributed by atoms with Crippen molar-refractivity contribution >= 4 is 0 Å². The van der Waals surface area contributed by atoms with Crippen molar-refractivity contribution in [2.75, 3.05) is 0 Å². The maximum absolute atomic E-state index is 2.41. The smallest absolute Gasteiger partial charge is 0.0300 e. The normalized spacial score (nSPS) is 27.3. The Morgan fingerprint density at radius 1 is 0.947 bits per heavy atom. The molecule has 0 aromatic heterocycles. The summed E-state index contributed by atoms with van der Waals surface area (Å²) >= 11 is 0. The van der Waals surface area contributed by atoms with Crippen molar-refractivity contribution in [2.24, 2.45) is 23.2 Å². The molecule has 0 aromatic rings. The van der Waals surface area contributed by atoms with Gasteiger partial charge in [-0.2, -0.15) is 0 Å². The zero-order valence-corrected chi connectivity index (χ0v) is 14.9. The molecule has 19 heavy (non-hydrogen) atoms. The van der Waals surface area contributed by atoms with Gasteiger partial charge in [0.1, 0.15) is 0 Å². The molecule has 0 atom stereocenters. The third-order valence-electron chi connectivity index (χ3n) is 4.84. The first kappa shape index (κ1) is 19.0. The lowest BCUT2D eigenvalue weighted by Crippen LogP contribution is -2.28. The summed E-state index contributed by atoms with van der Waals surface area (Å²) in [6, 6.07) is 0. The van der Waals surface area contributed by atoms with E-state index in [0.29, 0.717) is 0 Å². The van der Waals surface area contributed by atoms with Gasteiger partial charge in [-0.25, -0.2) is 0 Å². The van der Waals surface area contributed by atoms with Gasteiger partial charge < -0.3 is 0 Å². The summed E-state index contributed by atoms with van der Waals surface area (Å²) in [5.41, 5.74) is 0.738. The van der Waals surface area contributed by atoms with Crippen LogP contribution in [0.15, 0.2) is 0 Å². The fraction of sp³-hybridized carbons (Fsp3) is 1.00. The monoisotopic (exact) mass is 268 g/mol. The largest absolute Gasteiger partial charge is 0.0654 e. The molecule has 0 spiro atoms. The van der Waals surface area contributed by atoms with E-state index in [-0.39, 0.29) is 0 Å². The van der Waals surface area contributed by atoms with Gasteiger partial charge in [-0.1, -0.05) is 67.7 Å². The second kappa shape index (κ2) is 9.83. The van der Waals surface area contributed by atoms with Crippen LogP contribution in [0.3, 0.4) is 0 Å². The minimum atomic E-state index is 0.738. The van der Waals surface area contributed by atoms with Gasteiger partial charge in [0.15, 0.2) is 0 Å². The van der Waals surface area contributed by atoms with E-state index in [1.807, 2.05) is 0 Å². The highest BCUT2D eigenvalue weighted by Gasteiger charge is 2.33. The molecule has 0 N–H and O–H groups in total. The first-order valence-corrected chi connectivity index (χ1v) is 8.87. The zero-order valence-electron chi connectivity index (χ0n) is 14.9. The van der Waals surface area contributed by atoms with Crippen LogP contribution in [0.5, 0.6) is 0 Å². The summed E-state index contributed by atoms with van der Waals surface area (Å²) in [6.07, 6.45) is 11.7. The van der Waals surface area contributed by atoms with Crippen molar-refractivity contribution < 1.29 is 0 Å². The summed E-state index contributed by atoms with van der Waals surface area (Å²) in [6.45, 7) is 16.0. The van der Waals surface area contributed by atoms with Crippen LogP contribution in [-0.4, -0.2) is 0 Å². The average Bonchev–Trinajstić information content (AvgIpc) is 2.36. The molecule has 1 fully saturated rings. The van der Waals surface area contributed by atoms with Gasteiger partial charge in [0.05, 0.1) is 0 Å². The lowest BCUT2D eigenvalue weighted by Gasteiger charge is -2.41. The highest BCUT2D eigenvalue weighted by molar-refractivity contribution is 4.85. The maximum Gasteiger partial charge on any atom is -0.0300 e. The molecular weight excluding hydrogens is 228 g/mol. The Hall–Kier alpha value is 0. The maximum atomic E-state index is 2.41.